The van der Waals surface area contributed by atoms with Crippen molar-refractivity contribution in [2.45, 2.75) is 13.5 Å². The Hall–Kier alpha value is -3.80. The number of rotatable bonds is 7. The Morgan fingerprint density at radius 1 is 0.727 bits per heavy atom. The van der Waals surface area contributed by atoms with Gasteiger partial charge >= 0.3 is 0 Å². The van der Waals surface area contributed by atoms with Gasteiger partial charge in [0.1, 0.15) is 6.61 Å². The normalized spacial score (nSPS) is 13.5. The predicted octanol–water partition coefficient (Wildman–Crippen LogP) is 3.94. The van der Waals surface area contributed by atoms with Gasteiger partial charge < -0.3 is 19.3 Å². The molecule has 0 radical (unpaired) electrons. The van der Waals surface area contributed by atoms with Crippen LogP contribution in [0, 0.1) is 6.92 Å². The first-order valence-corrected chi connectivity index (χ1v) is 11.1. The van der Waals surface area contributed by atoms with Gasteiger partial charge in [-0.25, -0.2) is 0 Å². The lowest BCUT2D eigenvalue weighted by Crippen LogP contribution is -2.51. The molecular formula is C27H28N2O4. The zero-order chi connectivity index (χ0) is 23.0. The van der Waals surface area contributed by atoms with E-state index in [1.165, 1.54) is 0 Å². The average Bonchev–Trinajstić information content (AvgIpc) is 2.87. The summed E-state index contributed by atoms with van der Waals surface area (Å²) in [6.45, 7) is 4.35. The van der Waals surface area contributed by atoms with Crippen molar-refractivity contribution < 1.29 is 19.1 Å². The molecule has 1 heterocycles. The van der Waals surface area contributed by atoms with Gasteiger partial charge in [0.25, 0.3) is 11.8 Å². The molecule has 170 valence electrons. The first-order valence-electron chi connectivity index (χ1n) is 11.1. The van der Waals surface area contributed by atoms with Gasteiger partial charge in [-0.3, -0.25) is 9.59 Å². The number of amides is 2. The molecule has 0 saturated carbocycles. The van der Waals surface area contributed by atoms with Crippen molar-refractivity contribution in [3.63, 3.8) is 0 Å². The number of hydrogen-bond acceptors (Lipinski definition) is 4. The van der Waals surface area contributed by atoms with Crippen LogP contribution in [-0.2, 0) is 11.4 Å². The highest BCUT2D eigenvalue weighted by Gasteiger charge is 2.25. The van der Waals surface area contributed by atoms with E-state index in [-0.39, 0.29) is 18.4 Å². The Balaban J connectivity index is 1.27. The number of hydrogen-bond donors (Lipinski definition) is 0. The Morgan fingerprint density at radius 2 is 1.30 bits per heavy atom. The van der Waals surface area contributed by atoms with Crippen LogP contribution in [0.15, 0.2) is 78.9 Å². The van der Waals surface area contributed by atoms with Gasteiger partial charge in [0.15, 0.2) is 18.1 Å². The molecule has 0 aromatic heterocycles. The van der Waals surface area contributed by atoms with Crippen LogP contribution < -0.4 is 9.47 Å². The molecule has 4 rings (SSSR count). The average molecular weight is 445 g/mol. The molecule has 2 amide bonds. The monoisotopic (exact) mass is 444 g/mol. The molecule has 3 aromatic rings. The second kappa shape index (κ2) is 10.7. The zero-order valence-corrected chi connectivity index (χ0v) is 18.8. The summed E-state index contributed by atoms with van der Waals surface area (Å²) < 4.78 is 11.7. The minimum absolute atomic E-state index is 0.00263. The molecule has 1 saturated heterocycles. The van der Waals surface area contributed by atoms with Crippen molar-refractivity contribution in [1.29, 1.82) is 0 Å². The maximum absolute atomic E-state index is 12.7. The number of carbonyl (C=O) groups is 2. The summed E-state index contributed by atoms with van der Waals surface area (Å²) in [4.78, 5) is 28.9. The van der Waals surface area contributed by atoms with Gasteiger partial charge in [-0.05, 0) is 36.8 Å². The lowest BCUT2D eigenvalue weighted by molar-refractivity contribution is -0.134. The lowest BCUT2D eigenvalue weighted by atomic mass is 10.1. The van der Waals surface area contributed by atoms with E-state index in [0.29, 0.717) is 49.8 Å². The van der Waals surface area contributed by atoms with Gasteiger partial charge in [-0.1, -0.05) is 60.2 Å². The molecule has 1 aliphatic heterocycles. The topological polar surface area (TPSA) is 59.1 Å². The van der Waals surface area contributed by atoms with Crippen LogP contribution in [0.2, 0.25) is 0 Å². The third kappa shape index (κ3) is 5.92. The van der Waals surface area contributed by atoms with Crippen LogP contribution in [0.1, 0.15) is 21.5 Å². The third-order valence-corrected chi connectivity index (χ3v) is 5.66. The number of para-hydroxylation sites is 2. The summed E-state index contributed by atoms with van der Waals surface area (Å²) in [6, 6.07) is 24.8. The van der Waals surface area contributed by atoms with E-state index < -0.39 is 0 Å². The number of ether oxygens (including phenoxy) is 2. The van der Waals surface area contributed by atoms with Crippen molar-refractivity contribution in [2.24, 2.45) is 0 Å². The summed E-state index contributed by atoms with van der Waals surface area (Å²) in [5.41, 5.74) is 2.85. The fourth-order valence-corrected chi connectivity index (χ4v) is 3.69. The first-order chi connectivity index (χ1) is 16.1. The van der Waals surface area contributed by atoms with Crippen LogP contribution in [0.3, 0.4) is 0 Å². The Kier molecular flexibility index (Phi) is 7.25. The number of benzene rings is 3. The van der Waals surface area contributed by atoms with Crippen LogP contribution in [0.5, 0.6) is 11.5 Å². The summed E-state index contributed by atoms with van der Waals surface area (Å²) in [7, 11) is 0. The minimum atomic E-state index is -0.102. The molecular weight excluding hydrogens is 416 g/mol. The lowest BCUT2D eigenvalue weighted by Gasteiger charge is -2.34. The van der Waals surface area contributed by atoms with E-state index in [1.807, 2.05) is 79.7 Å². The quantitative estimate of drug-likeness (QED) is 0.554. The second-order valence-electron chi connectivity index (χ2n) is 8.05. The van der Waals surface area contributed by atoms with Gasteiger partial charge in [0.2, 0.25) is 0 Å². The molecule has 1 fully saturated rings. The summed E-state index contributed by atoms with van der Waals surface area (Å²) in [5.74, 6) is 1.04. The molecule has 0 N–H and O–H groups in total. The van der Waals surface area contributed by atoms with E-state index in [9.17, 15) is 9.59 Å². The van der Waals surface area contributed by atoms with E-state index >= 15 is 0 Å². The number of carbonyl (C=O) groups excluding carboxylic acids is 2. The van der Waals surface area contributed by atoms with Crippen molar-refractivity contribution in [3.05, 3.63) is 95.6 Å². The Bertz CT molecular complexity index is 1070. The van der Waals surface area contributed by atoms with E-state index in [1.54, 1.807) is 15.9 Å². The third-order valence-electron chi connectivity index (χ3n) is 5.66. The molecule has 0 bridgehead atoms. The van der Waals surface area contributed by atoms with E-state index in [0.717, 1.165) is 11.1 Å². The Morgan fingerprint density at radius 3 is 1.97 bits per heavy atom. The first kappa shape index (κ1) is 22.4. The molecule has 0 unspecified atom stereocenters. The maximum atomic E-state index is 12.7. The van der Waals surface area contributed by atoms with Crippen molar-refractivity contribution in [1.82, 2.24) is 9.80 Å². The molecule has 1 aliphatic rings. The number of aryl methyl sites for hydroxylation is 1. The molecule has 0 atom stereocenters. The highest BCUT2D eigenvalue weighted by Crippen LogP contribution is 2.27. The molecule has 0 aliphatic carbocycles. The number of nitrogens with zero attached hydrogens (tertiary/aromatic N) is 2. The van der Waals surface area contributed by atoms with Gasteiger partial charge in [0.05, 0.1) is 0 Å². The molecule has 3 aromatic carbocycles. The maximum Gasteiger partial charge on any atom is 0.260 e. The minimum Gasteiger partial charge on any atom is -0.485 e. The van der Waals surface area contributed by atoms with E-state index in [2.05, 4.69) is 0 Å². The van der Waals surface area contributed by atoms with Crippen LogP contribution in [0.25, 0.3) is 0 Å². The fraction of sp³-hybridized carbons (Fsp3) is 0.259. The highest BCUT2D eigenvalue weighted by atomic mass is 16.5. The summed E-state index contributed by atoms with van der Waals surface area (Å²) in [5, 5.41) is 0. The summed E-state index contributed by atoms with van der Waals surface area (Å²) >= 11 is 0. The van der Waals surface area contributed by atoms with Crippen molar-refractivity contribution >= 4 is 11.8 Å². The number of piperazine rings is 1. The molecule has 0 spiro atoms. The van der Waals surface area contributed by atoms with Crippen LogP contribution in [0.4, 0.5) is 0 Å². The van der Waals surface area contributed by atoms with Gasteiger partial charge in [-0.15, -0.1) is 0 Å². The second-order valence-corrected chi connectivity index (χ2v) is 8.05. The molecule has 33 heavy (non-hydrogen) atoms. The molecule has 6 heteroatoms. The van der Waals surface area contributed by atoms with Crippen molar-refractivity contribution in [2.75, 3.05) is 32.8 Å². The predicted molar refractivity (Wildman–Crippen MR) is 126 cm³/mol. The fourth-order valence-electron chi connectivity index (χ4n) is 3.69. The van der Waals surface area contributed by atoms with Crippen LogP contribution in [-0.4, -0.2) is 54.4 Å². The van der Waals surface area contributed by atoms with Crippen molar-refractivity contribution in [3.8, 4) is 11.5 Å². The van der Waals surface area contributed by atoms with Gasteiger partial charge in [0, 0.05) is 31.7 Å². The largest absolute Gasteiger partial charge is 0.485 e. The SMILES string of the molecule is Cc1ccc(C(=O)N2CCN(C(=O)COc3ccccc3OCc3ccccc3)CC2)cc1. The summed E-state index contributed by atoms with van der Waals surface area (Å²) in [6.07, 6.45) is 0. The van der Waals surface area contributed by atoms with Crippen LogP contribution >= 0.6 is 0 Å². The Labute approximate surface area is 194 Å². The smallest absolute Gasteiger partial charge is 0.260 e. The standard InChI is InChI=1S/C27H28N2O4/c1-21-11-13-23(14-12-21)27(31)29-17-15-28(16-18-29)26(30)20-33-25-10-6-5-9-24(25)32-19-22-7-3-2-4-8-22/h2-14H,15-20H2,1H3. The van der Waals surface area contributed by atoms with E-state index in [4.69, 9.17) is 9.47 Å². The molecule has 6 nitrogen and oxygen atoms in total. The van der Waals surface area contributed by atoms with Gasteiger partial charge in [-0.2, -0.15) is 0 Å². The zero-order valence-electron chi connectivity index (χ0n) is 18.8. The highest BCUT2D eigenvalue weighted by molar-refractivity contribution is 5.94.